The van der Waals surface area contributed by atoms with Gasteiger partial charge in [0, 0.05) is 17.1 Å². The molecule has 0 radical (unpaired) electrons. The third-order valence-electron chi connectivity index (χ3n) is 4.46. The summed E-state index contributed by atoms with van der Waals surface area (Å²) < 4.78 is 14.0. The van der Waals surface area contributed by atoms with Crippen molar-refractivity contribution in [2.24, 2.45) is 5.41 Å². The second kappa shape index (κ2) is 4.11. The van der Waals surface area contributed by atoms with Gasteiger partial charge in [-0.05, 0) is 54.7 Å². The van der Waals surface area contributed by atoms with Gasteiger partial charge in [-0.2, -0.15) is 0 Å². The predicted octanol–water partition coefficient (Wildman–Crippen LogP) is 4.99. The largest absolute Gasteiger partial charge is 0.361 e. The van der Waals surface area contributed by atoms with Gasteiger partial charge in [0.1, 0.15) is 5.82 Å². The maximum atomic E-state index is 14.0. The molecule has 1 aliphatic carbocycles. The highest BCUT2D eigenvalue weighted by Gasteiger charge is 2.29. The molecular formula is C16H20FN. The first-order valence-electron chi connectivity index (χ1n) is 6.82. The molecule has 0 bridgehead atoms. The zero-order chi connectivity index (χ0) is 12.8. The molecule has 96 valence electrons. The molecule has 0 aliphatic heterocycles. The van der Waals surface area contributed by atoms with Gasteiger partial charge in [-0.15, -0.1) is 0 Å². The Morgan fingerprint density at radius 2 is 1.94 bits per heavy atom. The van der Waals surface area contributed by atoms with Gasteiger partial charge in [-0.3, -0.25) is 0 Å². The molecule has 1 aliphatic rings. The van der Waals surface area contributed by atoms with Crippen LogP contribution in [-0.4, -0.2) is 4.98 Å². The second-order valence-electron chi connectivity index (χ2n) is 6.34. The van der Waals surface area contributed by atoms with Gasteiger partial charge < -0.3 is 4.98 Å². The van der Waals surface area contributed by atoms with E-state index in [-0.39, 0.29) is 5.82 Å². The van der Waals surface area contributed by atoms with E-state index in [2.05, 4.69) is 18.8 Å². The summed E-state index contributed by atoms with van der Waals surface area (Å²) in [6, 6.07) is 5.28. The van der Waals surface area contributed by atoms with Crippen molar-refractivity contribution in [1.29, 1.82) is 0 Å². The number of H-pyrrole nitrogens is 1. The summed E-state index contributed by atoms with van der Waals surface area (Å²) in [5.74, 6) is 0.428. The number of aromatic amines is 1. The summed E-state index contributed by atoms with van der Waals surface area (Å²) in [4.78, 5) is 3.21. The van der Waals surface area contributed by atoms with Crippen LogP contribution in [-0.2, 0) is 0 Å². The van der Waals surface area contributed by atoms with Crippen LogP contribution in [0, 0.1) is 11.2 Å². The van der Waals surface area contributed by atoms with Crippen molar-refractivity contribution in [3.8, 4) is 0 Å². The van der Waals surface area contributed by atoms with Gasteiger partial charge in [-0.1, -0.05) is 19.9 Å². The molecule has 18 heavy (non-hydrogen) atoms. The first-order chi connectivity index (χ1) is 8.57. The zero-order valence-corrected chi connectivity index (χ0v) is 11.1. The van der Waals surface area contributed by atoms with Gasteiger partial charge in [0.05, 0.1) is 0 Å². The van der Waals surface area contributed by atoms with E-state index in [0.717, 1.165) is 10.9 Å². The number of hydrogen-bond donors (Lipinski definition) is 1. The van der Waals surface area contributed by atoms with Gasteiger partial charge in [0.25, 0.3) is 0 Å². The molecule has 1 nitrogen and oxygen atoms in total. The Balaban J connectivity index is 1.96. The lowest BCUT2D eigenvalue weighted by Crippen LogP contribution is -2.20. The van der Waals surface area contributed by atoms with Crippen LogP contribution in [0.3, 0.4) is 0 Å². The van der Waals surface area contributed by atoms with Crippen LogP contribution in [0.15, 0.2) is 24.4 Å². The van der Waals surface area contributed by atoms with E-state index in [0.29, 0.717) is 11.3 Å². The summed E-state index contributed by atoms with van der Waals surface area (Å²) in [5, 5.41) is 0.808. The fourth-order valence-electron chi connectivity index (χ4n) is 3.20. The Morgan fingerprint density at radius 3 is 2.67 bits per heavy atom. The number of hydrogen-bond acceptors (Lipinski definition) is 0. The minimum Gasteiger partial charge on any atom is -0.361 e. The van der Waals surface area contributed by atoms with Crippen LogP contribution in [0.4, 0.5) is 4.39 Å². The van der Waals surface area contributed by atoms with E-state index in [1.165, 1.54) is 31.2 Å². The highest BCUT2D eigenvalue weighted by atomic mass is 19.1. The average molecular weight is 245 g/mol. The van der Waals surface area contributed by atoms with E-state index in [9.17, 15) is 4.39 Å². The van der Waals surface area contributed by atoms with Crippen molar-refractivity contribution in [1.82, 2.24) is 4.98 Å². The number of rotatable bonds is 1. The standard InChI is InChI=1S/C16H20FN/c1-16(2)8-6-11(7-9-16)12-10-18-14-5-3-4-13(17)15(12)14/h3-5,10-11,18H,6-9H2,1-2H3. The molecule has 2 aromatic rings. The Labute approximate surface area is 107 Å². The molecule has 3 rings (SSSR count). The SMILES string of the molecule is CC1(C)CCC(c2c[nH]c3cccc(F)c23)CC1. The van der Waals surface area contributed by atoms with Gasteiger partial charge in [0.15, 0.2) is 0 Å². The third kappa shape index (κ3) is 1.94. The summed E-state index contributed by atoms with van der Waals surface area (Å²) in [6.45, 7) is 4.66. The number of halogens is 1. The van der Waals surface area contributed by atoms with Crippen molar-refractivity contribution in [2.45, 2.75) is 45.4 Å². The van der Waals surface area contributed by atoms with Crippen molar-refractivity contribution in [2.75, 3.05) is 0 Å². The number of aromatic nitrogens is 1. The predicted molar refractivity (Wildman–Crippen MR) is 73.2 cm³/mol. The fourth-order valence-corrected chi connectivity index (χ4v) is 3.20. The maximum absolute atomic E-state index is 14.0. The van der Waals surface area contributed by atoms with E-state index >= 15 is 0 Å². The van der Waals surface area contributed by atoms with Crippen LogP contribution in [0.1, 0.15) is 51.0 Å². The smallest absolute Gasteiger partial charge is 0.132 e. The van der Waals surface area contributed by atoms with Gasteiger partial charge >= 0.3 is 0 Å². The molecule has 1 fully saturated rings. The Morgan fingerprint density at radius 1 is 1.22 bits per heavy atom. The summed E-state index contributed by atoms with van der Waals surface area (Å²) in [5.41, 5.74) is 2.56. The molecular weight excluding hydrogens is 225 g/mol. The van der Waals surface area contributed by atoms with Crippen molar-refractivity contribution in [3.63, 3.8) is 0 Å². The lowest BCUT2D eigenvalue weighted by molar-refractivity contribution is 0.225. The van der Waals surface area contributed by atoms with Gasteiger partial charge in [0.2, 0.25) is 0 Å². The Bertz CT molecular complexity index is 557. The van der Waals surface area contributed by atoms with Crippen LogP contribution in [0.25, 0.3) is 10.9 Å². The topological polar surface area (TPSA) is 15.8 Å². The molecule has 0 unspecified atom stereocenters. The van der Waals surface area contributed by atoms with Crippen LogP contribution >= 0.6 is 0 Å². The minimum atomic E-state index is -0.0893. The number of benzene rings is 1. The molecule has 0 saturated heterocycles. The first-order valence-corrected chi connectivity index (χ1v) is 6.82. The van der Waals surface area contributed by atoms with E-state index < -0.39 is 0 Å². The highest BCUT2D eigenvalue weighted by Crippen LogP contribution is 2.44. The minimum absolute atomic E-state index is 0.0893. The lowest BCUT2D eigenvalue weighted by Gasteiger charge is -2.34. The molecule has 1 aromatic carbocycles. The Hall–Kier alpha value is -1.31. The first kappa shape index (κ1) is 11.8. The van der Waals surface area contributed by atoms with E-state index in [1.807, 2.05) is 12.3 Å². The average Bonchev–Trinajstić information content (AvgIpc) is 2.74. The molecule has 0 atom stereocenters. The summed E-state index contributed by atoms with van der Waals surface area (Å²) in [6.07, 6.45) is 6.83. The van der Waals surface area contributed by atoms with Crippen molar-refractivity contribution >= 4 is 10.9 Å². The summed E-state index contributed by atoms with van der Waals surface area (Å²) >= 11 is 0. The molecule has 0 amide bonds. The maximum Gasteiger partial charge on any atom is 0.132 e. The lowest BCUT2D eigenvalue weighted by atomic mass is 9.71. The van der Waals surface area contributed by atoms with E-state index in [1.54, 1.807) is 12.1 Å². The molecule has 1 N–H and O–H groups in total. The van der Waals surface area contributed by atoms with Crippen molar-refractivity contribution < 1.29 is 4.39 Å². The van der Waals surface area contributed by atoms with Crippen LogP contribution in [0.2, 0.25) is 0 Å². The molecule has 1 saturated carbocycles. The second-order valence-corrected chi connectivity index (χ2v) is 6.34. The highest BCUT2D eigenvalue weighted by molar-refractivity contribution is 5.84. The molecule has 1 heterocycles. The third-order valence-corrected chi connectivity index (χ3v) is 4.46. The van der Waals surface area contributed by atoms with Crippen LogP contribution < -0.4 is 0 Å². The monoisotopic (exact) mass is 245 g/mol. The zero-order valence-electron chi connectivity index (χ0n) is 11.1. The normalized spacial score (nSPS) is 20.4. The molecule has 1 aromatic heterocycles. The quantitative estimate of drug-likeness (QED) is 0.728. The molecule has 0 spiro atoms. The number of nitrogens with one attached hydrogen (secondary N) is 1. The number of fused-ring (bicyclic) bond motifs is 1. The molecule has 2 heteroatoms. The Kier molecular flexibility index (Phi) is 2.69. The van der Waals surface area contributed by atoms with E-state index in [4.69, 9.17) is 0 Å². The van der Waals surface area contributed by atoms with Gasteiger partial charge in [-0.25, -0.2) is 4.39 Å². The van der Waals surface area contributed by atoms with Crippen molar-refractivity contribution in [3.05, 3.63) is 35.8 Å². The van der Waals surface area contributed by atoms with Crippen LogP contribution in [0.5, 0.6) is 0 Å². The fraction of sp³-hybridized carbons (Fsp3) is 0.500. The summed E-state index contributed by atoms with van der Waals surface area (Å²) in [7, 11) is 0.